The predicted molar refractivity (Wildman–Crippen MR) is 56.6 cm³/mol. The molecular weight excluding hydrogens is 213 g/mol. The second kappa shape index (κ2) is 5.46. The molecule has 0 aliphatic rings. The van der Waals surface area contributed by atoms with E-state index >= 15 is 0 Å². The summed E-state index contributed by atoms with van der Waals surface area (Å²) in [6.07, 6.45) is 0.174. The first-order chi connectivity index (χ1) is 7.58. The van der Waals surface area contributed by atoms with Gasteiger partial charge < -0.3 is 15.2 Å². The molecule has 16 heavy (non-hydrogen) atoms. The van der Waals surface area contributed by atoms with E-state index in [0.717, 1.165) is 0 Å². The van der Waals surface area contributed by atoms with E-state index in [-0.39, 0.29) is 6.42 Å². The highest BCUT2D eigenvalue weighted by Crippen LogP contribution is 2.20. The van der Waals surface area contributed by atoms with E-state index in [1.807, 2.05) is 0 Å². The molecule has 1 aromatic carbocycles. The molecule has 0 spiro atoms. The summed E-state index contributed by atoms with van der Waals surface area (Å²) >= 11 is 0. The largest absolute Gasteiger partial charge is 0.496 e. The lowest BCUT2D eigenvalue weighted by molar-refractivity contribution is -0.142. The molecule has 1 atom stereocenters. The Hall–Kier alpha value is -1.62. The van der Waals surface area contributed by atoms with Crippen molar-refractivity contribution in [2.24, 2.45) is 5.73 Å². The van der Waals surface area contributed by atoms with Gasteiger partial charge in [0.15, 0.2) is 0 Å². The van der Waals surface area contributed by atoms with E-state index < -0.39 is 17.8 Å². The monoisotopic (exact) mass is 227 g/mol. The summed E-state index contributed by atoms with van der Waals surface area (Å²) in [7, 11) is 2.73. The summed E-state index contributed by atoms with van der Waals surface area (Å²) < 4.78 is 22.5. The van der Waals surface area contributed by atoms with Crippen molar-refractivity contribution in [3.8, 4) is 5.75 Å². The molecule has 88 valence electrons. The molecule has 0 aliphatic carbocycles. The molecule has 5 heteroatoms. The number of carbonyl (C=O) groups is 1. The molecule has 0 aromatic heterocycles. The summed E-state index contributed by atoms with van der Waals surface area (Å²) in [4.78, 5) is 11.1. The maximum absolute atomic E-state index is 13.0. The molecule has 2 N–H and O–H groups in total. The van der Waals surface area contributed by atoms with E-state index in [2.05, 4.69) is 4.74 Å². The number of benzene rings is 1. The molecule has 0 fully saturated rings. The highest BCUT2D eigenvalue weighted by Gasteiger charge is 2.17. The Morgan fingerprint density at radius 3 is 2.75 bits per heavy atom. The number of hydrogen-bond donors (Lipinski definition) is 1. The maximum Gasteiger partial charge on any atom is 0.322 e. The third-order valence-corrected chi connectivity index (χ3v) is 2.19. The van der Waals surface area contributed by atoms with Crippen molar-refractivity contribution in [3.05, 3.63) is 29.6 Å². The molecule has 0 saturated heterocycles. The Balaban J connectivity index is 2.86. The maximum atomic E-state index is 13.0. The van der Waals surface area contributed by atoms with Crippen molar-refractivity contribution in [2.45, 2.75) is 12.5 Å². The summed E-state index contributed by atoms with van der Waals surface area (Å²) in [5, 5.41) is 0. The lowest BCUT2D eigenvalue weighted by Crippen LogP contribution is -2.33. The Morgan fingerprint density at radius 1 is 1.50 bits per heavy atom. The van der Waals surface area contributed by atoms with Crippen LogP contribution in [0.1, 0.15) is 5.56 Å². The number of methoxy groups -OCH3 is 2. The molecule has 1 aromatic rings. The fourth-order valence-corrected chi connectivity index (χ4v) is 1.38. The van der Waals surface area contributed by atoms with Crippen LogP contribution in [0, 0.1) is 5.82 Å². The van der Waals surface area contributed by atoms with Gasteiger partial charge in [0, 0.05) is 6.42 Å². The molecule has 0 heterocycles. The minimum absolute atomic E-state index is 0.174. The van der Waals surface area contributed by atoms with Crippen molar-refractivity contribution in [2.75, 3.05) is 14.2 Å². The molecule has 4 nitrogen and oxygen atoms in total. The molecule has 0 amide bonds. The van der Waals surface area contributed by atoms with Crippen LogP contribution in [0.25, 0.3) is 0 Å². The van der Waals surface area contributed by atoms with Crippen molar-refractivity contribution in [1.29, 1.82) is 0 Å². The highest BCUT2D eigenvalue weighted by molar-refractivity contribution is 5.75. The zero-order valence-corrected chi connectivity index (χ0v) is 9.20. The van der Waals surface area contributed by atoms with Crippen LogP contribution >= 0.6 is 0 Å². The number of hydrogen-bond acceptors (Lipinski definition) is 4. The lowest BCUT2D eigenvalue weighted by atomic mass is 10.1. The van der Waals surface area contributed by atoms with Crippen LogP contribution in [-0.2, 0) is 16.0 Å². The molecule has 0 radical (unpaired) electrons. The van der Waals surface area contributed by atoms with E-state index in [1.54, 1.807) is 0 Å². The molecule has 1 rings (SSSR count). The van der Waals surface area contributed by atoms with Crippen molar-refractivity contribution in [3.63, 3.8) is 0 Å². The Morgan fingerprint density at radius 2 is 2.19 bits per heavy atom. The molecule has 0 aliphatic heterocycles. The van der Waals surface area contributed by atoms with E-state index in [4.69, 9.17) is 10.5 Å². The third-order valence-electron chi connectivity index (χ3n) is 2.19. The number of halogens is 1. The van der Waals surface area contributed by atoms with Gasteiger partial charge in [-0.1, -0.05) is 0 Å². The van der Waals surface area contributed by atoms with E-state index in [1.165, 1.54) is 32.4 Å². The fraction of sp³-hybridized carbons (Fsp3) is 0.364. The number of nitrogens with two attached hydrogens (primary N) is 1. The smallest absolute Gasteiger partial charge is 0.322 e. The first-order valence-corrected chi connectivity index (χ1v) is 4.74. The van der Waals surface area contributed by atoms with Crippen molar-refractivity contribution >= 4 is 5.97 Å². The van der Waals surface area contributed by atoms with Gasteiger partial charge in [-0.15, -0.1) is 0 Å². The standard InChI is InChI=1S/C11H14FNO3/c1-15-10-4-3-8(12)5-7(10)6-9(13)11(14)16-2/h3-5,9H,6,13H2,1-2H3. The molecular formula is C11H14FNO3. The summed E-state index contributed by atoms with van der Waals surface area (Å²) in [6, 6.07) is 3.25. The molecule has 0 bridgehead atoms. The third kappa shape index (κ3) is 2.93. The van der Waals surface area contributed by atoms with Gasteiger partial charge in [-0.05, 0) is 23.8 Å². The second-order valence-corrected chi connectivity index (χ2v) is 3.29. The van der Waals surface area contributed by atoms with Gasteiger partial charge >= 0.3 is 5.97 Å². The molecule has 1 unspecified atom stereocenters. The van der Waals surface area contributed by atoms with Crippen LogP contribution in [0.5, 0.6) is 5.75 Å². The highest BCUT2D eigenvalue weighted by atomic mass is 19.1. The first kappa shape index (κ1) is 12.4. The quantitative estimate of drug-likeness (QED) is 0.775. The average molecular weight is 227 g/mol. The van der Waals surface area contributed by atoms with Crippen molar-refractivity contribution in [1.82, 2.24) is 0 Å². The van der Waals surface area contributed by atoms with E-state index in [9.17, 15) is 9.18 Å². The van der Waals surface area contributed by atoms with Gasteiger partial charge in [-0.3, -0.25) is 4.79 Å². The van der Waals surface area contributed by atoms with Gasteiger partial charge in [0.2, 0.25) is 0 Å². The van der Waals surface area contributed by atoms with Gasteiger partial charge in [-0.2, -0.15) is 0 Å². The minimum Gasteiger partial charge on any atom is -0.496 e. The summed E-state index contributed by atoms with van der Waals surface area (Å²) in [6.45, 7) is 0. The van der Waals surface area contributed by atoms with Crippen LogP contribution in [0.2, 0.25) is 0 Å². The Bertz CT molecular complexity index is 381. The van der Waals surface area contributed by atoms with Crippen molar-refractivity contribution < 1.29 is 18.7 Å². The first-order valence-electron chi connectivity index (χ1n) is 4.74. The average Bonchev–Trinajstić information content (AvgIpc) is 2.28. The summed E-state index contributed by atoms with van der Waals surface area (Å²) in [5.74, 6) is -0.431. The van der Waals surface area contributed by atoms with Crippen LogP contribution < -0.4 is 10.5 Å². The molecule has 0 saturated carbocycles. The van der Waals surface area contributed by atoms with Crippen LogP contribution in [-0.4, -0.2) is 26.2 Å². The Labute approximate surface area is 93.2 Å². The zero-order chi connectivity index (χ0) is 12.1. The number of ether oxygens (including phenoxy) is 2. The minimum atomic E-state index is -0.819. The summed E-state index contributed by atoms with van der Waals surface area (Å²) in [5.41, 5.74) is 6.12. The number of carbonyl (C=O) groups excluding carboxylic acids is 1. The second-order valence-electron chi connectivity index (χ2n) is 3.29. The lowest BCUT2D eigenvalue weighted by Gasteiger charge is -2.12. The van der Waals surface area contributed by atoms with Crippen LogP contribution in [0.15, 0.2) is 18.2 Å². The van der Waals surface area contributed by atoms with Crippen LogP contribution in [0.3, 0.4) is 0 Å². The Kier molecular flexibility index (Phi) is 4.25. The topological polar surface area (TPSA) is 61.5 Å². The zero-order valence-electron chi connectivity index (χ0n) is 9.20. The van der Waals surface area contributed by atoms with Gasteiger partial charge in [0.25, 0.3) is 0 Å². The van der Waals surface area contributed by atoms with Crippen LogP contribution in [0.4, 0.5) is 4.39 Å². The van der Waals surface area contributed by atoms with E-state index in [0.29, 0.717) is 11.3 Å². The number of esters is 1. The normalized spacial score (nSPS) is 12.0. The predicted octanol–water partition coefficient (Wildman–Crippen LogP) is 0.877. The number of rotatable bonds is 4. The van der Waals surface area contributed by atoms with Gasteiger partial charge in [-0.25, -0.2) is 4.39 Å². The van der Waals surface area contributed by atoms with Gasteiger partial charge in [0.05, 0.1) is 14.2 Å². The SMILES string of the molecule is COC(=O)C(N)Cc1cc(F)ccc1OC. The van der Waals surface area contributed by atoms with Gasteiger partial charge in [0.1, 0.15) is 17.6 Å². The fourth-order valence-electron chi connectivity index (χ4n) is 1.38.